The van der Waals surface area contributed by atoms with Crippen LogP contribution in [0.2, 0.25) is 0 Å². The maximum absolute atomic E-state index is 13.3. The maximum Gasteiger partial charge on any atom is 0.337 e. The molecule has 0 saturated heterocycles. The molecule has 1 rings (SSSR count). The molecule has 1 amide bonds. The molecule has 0 aliphatic heterocycles. The molecule has 0 aliphatic rings. The summed E-state index contributed by atoms with van der Waals surface area (Å²) < 4.78 is 5.44. The van der Waals surface area contributed by atoms with Gasteiger partial charge in [0.25, 0.3) is 0 Å². The average Bonchev–Trinajstić information content (AvgIpc) is 3.00. The van der Waals surface area contributed by atoms with E-state index in [0.29, 0.717) is 24.2 Å². The van der Waals surface area contributed by atoms with Crippen LogP contribution in [0.5, 0.6) is 5.75 Å². The molecule has 256 valence electrons. The van der Waals surface area contributed by atoms with Gasteiger partial charge in [0.15, 0.2) is 5.60 Å². The lowest BCUT2D eigenvalue weighted by Gasteiger charge is -2.29. The highest BCUT2D eigenvalue weighted by molar-refractivity contribution is 5.94. The number of amides is 1. The number of aliphatic carboxylic acids is 3. The molecule has 46 heavy (non-hydrogen) atoms. The fraction of sp³-hybridized carbons (Fsp3) is 0.600. The van der Waals surface area contributed by atoms with E-state index in [1.54, 1.807) is 31.2 Å². The smallest absolute Gasteiger partial charge is 0.337 e. The molecule has 2 unspecified atom stereocenters. The summed E-state index contributed by atoms with van der Waals surface area (Å²) in [6, 6.07) is 4.97. The molecule has 4 atom stereocenters. The average molecular weight is 646 g/mol. The quantitative estimate of drug-likeness (QED) is 0.0493. The van der Waals surface area contributed by atoms with Crippen LogP contribution in [0.25, 0.3) is 0 Å². The number of carbonyl (C=O) groups is 4. The van der Waals surface area contributed by atoms with Crippen molar-refractivity contribution in [3.63, 3.8) is 0 Å². The zero-order chi connectivity index (χ0) is 34.4. The molecule has 0 bridgehead atoms. The van der Waals surface area contributed by atoms with Crippen LogP contribution in [0, 0.1) is 17.8 Å². The van der Waals surface area contributed by atoms with Crippen LogP contribution < -0.4 is 10.1 Å². The Labute approximate surface area is 272 Å². The standard InChI is InChI=1S/C35H51NO10/c1-3-5-7-10-13-16-27(37)17-14-11-8-9-12-15-18-29(35(45,34(43)44)25-31(38)39)32(40)36-30(33(41)42)24-26-19-21-28(22-20-26)46-23-6-4-2/h15,18-22,27,29-30,37,45H,3,5,7-14,16-17,23-25H2,1-2H3,(H,36,40)(H,38,39)(H,41,42)(H,43,44)/b18-15+/t27?,29?,30-,35-/m0/s1. The molecular weight excluding hydrogens is 594 g/mol. The zero-order valence-corrected chi connectivity index (χ0v) is 27.1. The fourth-order valence-corrected chi connectivity index (χ4v) is 4.98. The van der Waals surface area contributed by atoms with Crippen molar-refractivity contribution in [1.82, 2.24) is 5.32 Å². The van der Waals surface area contributed by atoms with E-state index in [2.05, 4.69) is 24.1 Å². The van der Waals surface area contributed by atoms with Crippen LogP contribution in [-0.2, 0) is 25.6 Å². The summed E-state index contributed by atoms with van der Waals surface area (Å²) in [4.78, 5) is 48.8. The number of hydrogen-bond donors (Lipinski definition) is 6. The summed E-state index contributed by atoms with van der Waals surface area (Å²) in [5, 5.41) is 52.1. The van der Waals surface area contributed by atoms with E-state index in [1.807, 2.05) is 0 Å². The van der Waals surface area contributed by atoms with Gasteiger partial charge in [0, 0.05) is 6.42 Å². The van der Waals surface area contributed by atoms with E-state index in [1.165, 1.54) is 25.3 Å². The predicted octanol–water partition coefficient (Wildman–Crippen LogP) is 4.73. The number of rotatable bonds is 25. The van der Waals surface area contributed by atoms with Gasteiger partial charge in [-0.25, -0.2) is 9.59 Å². The first-order valence-electron chi connectivity index (χ1n) is 16.1. The van der Waals surface area contributed by atoms with Gasteiger partial charge in [-0.15, -0.1) is 5.92 Å². The van der Waals surface area contributed by atoms with Crippen LogP contribution in [0.4, 0.5) is 0 Å². The minimum Gasteiger partial charge on any atom is -0.481 e. The highest BCUT2D eigenvalue weighted by Crippen LogP contribution is 2.26. The number of carbonyl (C=O) groups excluding carboxylic acids is 1. The van der Waals surface area contributed by atoms with Crippen LogP contribution in [0.15, 0.2) is 36.4 Å². The Morgan fingerprint density at radius 1 is 0.935 bits per heavy atom. The monoisotopic (exact) mass is 645 g/mol. The summed E-state index contributed by atoms with van der Waals surface area (Å²) in [6.45, 7) is 4.03. The number of nitrogens with one attached hydrogen (secondary N) is 1. The molecule has 0 spiro atoms. The lowest BCUT2D eigenvalue weighted by molar-refractivity contribution is -0.172. The molecule has 6 N–H and O–H groups in total. The highest BCUT2D eigenvalue weighted by atomic mass is 16.5. The summed E-state index contributed by atoms with van der Waals surface area (Å²) >= 11 is 0. The van der Waals surface area contributed by atoms with Gasteiger partial charge < -0.3 is 35.6 Å². The van der Waals surface area contributed by atoms with E-state index >= 15 is 0 Å². The summed E-state index contributed by atoms with van der Waals surface area (Å²) in [5.41, 5.74) is -2.48. The van der Waals surface area contributed by atoms with E-state index in [-0.39, 0.29) is 19.1 Å². The first kappa shape index (κ1) is 40.1. The van der Waals surface area contributed by atoms with E-state index in [9.17, 15) is 44.7 Å². The third-order valence-electron chi connectivity index (χ3n) is 7.68. The van der Waals surface area contributed by atoms with Gasteiger partial charge in [-0.3, -0.25) is 9.59 Å². The second-order valence-corrected chi connectivity index (χ2v) is 11.5. The van der Waals surface area contributed by atoms with E-state index in [0.717, 1.165) is 51.0 Å². The molecule has 11 heteroatoms. The molecule has 1 aromatic carbocycles. The lowest BCUT2D eigenvalue weighted by Crippen LogP contribution is -2.55. The number of allylic oxidation sites excluding steroid dienone is 1. The predicted molar refractivity (Wildman–Crippen MR) is 173 cm³/mol. The van der Waals surface area contributed by atoms with Crippen molar-refractivity contribution >= 4 is 23.8 Å². The van der Waals surface area contributed by atoms with Crippen molar-refractivity contribution in [3.05, 3.63) is 42.0 Å². The minimum atomic E-state index is -3.01. The summed E-state index contributed by atoms with van der Waals surface area (Å²) in [5.74, 6) is -1.98. The van der Waals surface area contributed by atoms with Gasteiger partial charge >= 0.3 is 17.9 Å². The Morgan fingerprint density at radius 2 is 1.54 bits per heavy atom. The number of benzene rings is 1. The SMILES string of the molecule is CC#CCOc1ccc(C[C@H](NC(=O)C(/C=C/CCCCCCC(O)CCCCCCC)[C@@](O)(CC(=O)O)C(=O)O)C(=O)O)cc1. The highest BCUT2D eigenvalue weighted by Gasteiger charge is 2.49. The minimum absolute atomic E-state index is 0.162. The third-order valence-corrected chi connectivity index (χ3v) is 7.68. The van der Waals surface area contributed by atoms with E-state index < -0.39 is 47.8 Å². The number of ether oxygens (including phenoxy) is 1. The molecule has 0 aromatic heterocycles. The summed E-state index contributed by atoms with van der Waals surface area (Å²) in [7, 11) is 0. The van der Waals surface area contributed by atoms with Gasteiger partial charge in [-0.05, 0) is 50.3 Å². The molecule has 11 nitrogen and oxygen atoms in total. The third kappa shape index (κ3) is 15.9. The van der Waals surface area contributed by atoms with Crippen molar-refractivity contribution in [2.75, 3.05) is 6.61 Å². The number of aliphatic hydroxyl groups is 2. The summed E-state index contributed by atoms with van der Waals surface area (Å²) in [6.07, 6.45) is 11.9. The fourth-order valence-electron chi connectivity index (χ4n) is 4.98. The molecule has 0 radical (unpaired) electrons. The Morgan fingerprint density at radius 3 is 2.09 bits per heavy atom. The van der Waals surface area contributed by atoms with Gasteiger partial charge in [0.1, 0.15) is 18.4 Å². The Kier molecular flexibility index (Phi) is 19.7. The van der Waals surface area contributed by atoms with Crippen molar-refractivity contribution in [1.29, 1.82) is 0 Å². The number of aliphatic hydroxyl groups excluding tert-OH is 1. The molecule has 0 heterocycles. The largest absolute Gasteiger partial charge is 0.481 e. The van der Waals surface area contributed by atoms with Crippen LogP contribution in [-0.4, -0.2) is 73.7 Å². The maximum atomic E-state index is 13.3. The van der Waals surface area contributed by atoms with Gasteiger partial charge in [-0.2, -0.15) is 0 Å². The van der Waals surface area contributed by atoms with Crippen molar-refractivity contribution < 1.29 is 49.4 Å². The first-order chi connectivity index (χ1) is 21.9. The molecule has 0 saturated carbocycles. The Balaban J connectivity index is 2.82. The molecule has 1 aromatic rings. The lowest BCUT2D eigenvalue weighted by atomic mass is 9.82. The van der Waals surface area contributed by atoms with Crippen molar-refractivity contribution in [2.24, 2.45) is 5.92 Å². The number of carboxylic acid groups (broad SMARTS) is 3. The topological polar surface area (TPSA) is 191 Å². The number of hydrogen-bond acceptors (Lipinski definition) is 7. The number of unbranched alkanes of at least 4 members (excludes halogenated alkanes) is 8. The zero-order valence-electron chi connectivity index (χ0n) is 27.1. The van der Waals surface area contributed by atoms with Crippen molar-refractivity contribution in [3.8, 4) is 17.6 Å². The van der Waals surface area contributed by atoms with Crippen LogP contribution in [0.3, 0.4) is 0 Å². The molecule has 0 aliphatic carbocycles. The van der Waals surface area contributed by atoms with Crippen LogP contribution >= 0.6 is 0 Å². The molecule has 0 fully saturated rings. The van der Waals surface area contributed by atoms with Crippen LogP contribution in [0.1, 0.15) is 103 Å². The second-order valence-electron chi connectivity index (χ2n) is 11.5. The first-order valence-corrected chi connectivity index (χ1v) is 16.1. The normalized spacial score (nSPS) is 14.3. The Bertz CT molecular complexity index is 1170. The van der Waals surface area contributed by atoms with Gasteiger partial charge in [0.05, 0.1) is 18.4 Å². The van der Waals surface area contributed by atoms with Gasteiger partial charge in [0.2, 0.25) is 5.91 Å². The van der Waals surface area contributed by atoms with Crippen molar-refractivity contribution in [2.45, 2.75) is 121 Å². The molecular formula is C35H51NO10. The van der Waals surface area contributed by atoms with Gasteiger partial charge in [-0.1, -0.05) is 88.5 Å². The Hall–Kier alpha value is -3.88. The number of carboxylic acids is 3. The van der Waals surface area contributed by atoms with E-state index in [4.69, 9.17) is 4.74 Å². The second kappa shape index (κ2) is 22.6.